The van der Waals surface area contributed by atoms with E-state index in [-0.39, 0.29) is 24.3 Å². The molecule has 6 heteroatoms. The van der Waals surface area contributed by atoms with Gasteiger partial charge in [-0.05, 0) is 135 Å². The predicted octanol–water partition coefficient (Wildman–Crippen LogP) is 8.40. The van der Waals surface area contributed by atoms with E-state index < -0.39 is 0 Å². The van der Waals surface area contributed by atoms with Crippen LogP contribution in [0.5, 0.6) is 34.5 Å². The fourth-order valence-electron chi connectivity index (χ4n) is 10.9. The molecule has 8 aromatic rings. The standard InChI is InChI=1S/C50H40B2O4/c1-49(2,3)33-21-27-29-17-25(53-7)19-41-47(29)52(36-14-10-12-16-40(36)55-41)38-24-32-34(50(4,5)6)22-28-30-18-26(54-8)20-42-48(30)51(35-13-9-11-15-39(35)56-42)37-23-31(33)45(43(27)38)46(32)44(28)37/h9-24H,1-8H3. The highest BCUT2D eigenvalue weighted by molar-refractivity contribution is 7.01. The van der Waals surface area contributed by atoms with Crippen LogP contribution in [-0.2, 0) is 10.8 Å². The molecule has 8 aromatic carbocycles. The molecule has 4 nitrogen and oxygen atoms in total. The van der Waals surface area contributed by atoms with Crippen molar-refractivity contribution >= 4 is 78.5 Å². The molecule has 0 amide bonds. The Kier molecular flexibility index (Phi) is 6.07. The van der Waals surface area contributed by atoms with Crippen molar-refractivity contribution in [2.45, 2.75) is 52.4 Å². The lowest BCUT2D eigenvalue weighted by Gasteiger charge is -2.39. The lowest BCUT2D eigenvalue weighted by atomic mass is 9.31. The Morgan fingerprint density at radius 2 is 0.839 bits per heavy atom. The molecule has 0 atom stereocenters. The fraction of sp³-hybridized carbons (Fsp3) is 0.200. The zero-order valence-electron chi connectivity index (χ0n) is 33.0. The topological polar surface area (TPSA) is 36.9 Å². The first-order valence-corrected chi connectivity index (χ1v) is 19.8. The summed E-state index contributed by atoms with van der Waals surface area (Å²) < 4.78 is 25.5. The van der Waals surface area contributed by atoms with E-state index in [1.165, 1.54) is 98.5 Å². The second-order valence-corrected chi connectivity index (χ2v) is 18.3. The summed E-state index contributed by atoms with van der Waals surface area (Å²) in [5.74, 6) is 5.16. The fourth-order valence-corrected chi connectivity index (χ4v) is 10.9. The van der Waals surface area contributed by atoms with E-state index in [4.69, 9.17) is 18.9 Å². The predicted molar refractivity (Wildman–Crippen MR) is 234 cm³/mol. The van der Waals surface area contributed by atoms with Gasteiger partial charge >= 0.3 is 0 Å². The summed E-state index contributed by atoms with van der Waals surface area (Å²) in [6, 6.07) is 36.0. The van der Waals surface area contributed by atoms with Crippen molar-refractivity contribution in [1.82, 2.24) is 0 Å². The molecule has 0 N–H and O–H groups in total. The number of hydrogen-bond acceptors (Lipinski definition) is 4. The first-order valence-electron chi connectivity index (χ1n) is 19.8. The van der Waals surface area contributed by atoms with Crippen LogP contribution in [0.25, 0.3) is 54.6 Å². The van der Waals surface area contributed by atoms with Gasteiger partial charge < -0.3 is 18.9 Å². The second-order valence-electron chi connectivity index (χ2n) is 18.3. The van der Waals surface area contributed by atoms with Crippen molar-refractivity contribution in [3.63, 3.8) is 0 Å². The average Bonchev–Trinajstić information content (AvgIpc) is 3.18. The Balaban J connectivity index is 1.35. The molecular formula is C50H40B2O4. The third-order valence-electron chi connectivity index (χ3n) is 13.2. The van der Waals surface area contributed by atoms with Crippen LogP contribution in [0.4, 0.5) is 0 Å². The van der Waals surface area contributed by atoms with Gasteiger partial charge in [-0.25, -0.2) is 0 Å². The Labute approximate surface area is 327 Å². The SMILES string of the molecule is COc1cc2c3c(c1)-c1cc(C(C)(C)C)c4cc5c6c(cc(C(C)(C)C)c7cc(c1c4c76)B3c1ccccc1O2)-c1cc(OC)cc2c1B5c1ccccc1O2. The highest BCUT2D eigenvalue weighted by Crippen LogP contribution is 2.51. The second kappa shape index (κ2) is 10.5. The molecular weight excluding hydrogens is 686 g/mol. The summed E-state index contributed by atoms with van der Waals surface area (Å²) in [5, 5.41) is 8.05. The van der Waals surface area contributed by atoms with Crippen LogP contribution >= 0.6 is 0 Å². The summed E-state index contributed by atoms with van der Waals surface area (Å²) in [6.45, 7) is 14.2. The molecule has 0 saturated heterocycles. The Morgan fingerprint density at radius 1 is 0.429 bits per heavy atom. The quantitative estimate of drug-likeness (QED) is 0.133. The average molecular weight is 726 g/mol. The molecule has 4 aliphatic rings. The number of methoxy groups -OCH3 is 2. The molecule has 0 aliphatic carbocycles. The third kappa shape index (κ3) is 3.97. The van der Waals surface area contributed by atoms with E-state index in [0.717, 1.165) is 34.5 Å². The van der Waals surface area contributed by atoms with Crippen molar-refractivity contribution in [3.05, 3.63) is 108 Å². The molecule has 0 radical (unpaired) electrons. The van der Waals surface area contributed by atoms with Crippen molar-refractivity contribution in [2.75, 3.05) is 14.2 Å². The first-order chi connectivity index (χ1) is 26.9. The summed E-state index contributed by atoms with van der Waals surface area (Å²) >= 11 is 0. The normalized spacial score (nSPS) is 14.3. The Bertz CT molecular complexity index is 2880. The largest absolute Gasteiger partial charge is 0.497 e. The van der Waals surface area contributed by atoms with Gasteiger partial charge in [0, 0.05) is 12.1 Å². The zero-order valence-corrected chi connectivity index (χ0v) is 33.0. The lowest BCUT2D eigenvalue weighted by molar-refractivity contribution is 0.409. The smallest absolute Gasteiger partial charge is 0.252 e. The summed E-state index contributed by atoms with van der Waals surface area (Å²) in [7, 11) is 3.51. The van der Waals surface area contributed by atoms with E-state index in [2.05, 4.69) is 139 Å². The molecule has 0 saturated carbocycles. The van der Waals surface area contributed by atoms with Gasteiger partial charge in [0.1, 0.15) is 34.5 Å². The van der Waals surface area contributed by atoms with E-state index in [0.29, 0.717) is 0 Å². The molecule has 56 heavy (non-hydrogen) atoms. The third-order valence-corrected chi connectivity index (χ3v) is 13.2. The molecule has 0 bridgehead atoms. The minimum atomic E-state index is -0.154. The van der Waals surface area contributed by atoms with Crippen LogP contribution in [0, 0.1) is 0 Å². The molecule has 0 spiro atoms. The minimum Gasteiger partial charge on any atom is -0.497 e. The van der Waals surface area contributed by atoms with Gasteiger partial charge in [-0.15, -0.1) is 0 Å². The van der Waals surface area contributed by atoms with E-state index in [1.54, 1.807) is 14.2 Å². The van der Waals surface area contributed by atoms with Crippen LogP contribution in [0.3, 0.4) is 0 Å². The molecule has 0 aromatic heterocycles. The molecule has 12 rings (SSSR count). The summed E-state index contributed by atoms with van der Waals surface area (Å²) in [4.78, 5) is 0. The number of fused-ring (bicyclic) bond motifs is 8. The van der Waals surface area contributed by atoms with Gasteiger partial charge in [0.15, 0.2) is 0 Å². The molecule has 4 aliphatic heterocycles. The zero-order chi connectivity index (χ0) is 38.2. The monoisotopic (exact) mass is 726 g/mol. The van der Waals surface area contributed by atoms with Gasteiger partial charge in [-0.3, -0.25) is 0 Å². The summed E-state index contributed by atoms with van der Waals surface area (Å²) in [6.07, 6.45) is 0. The number of hydrogen-bond donors (Lipinski definition) is 0. The van der Waals surface area contributed by atoms with Crippen molar-refractivity contribution < 1.29 is 18.9 Å². The number of para-hydroxylation sites is 2. The Hall–Kier alpha value is -5.87. The van der Waals surface area contributed by atoms with Crippen molar-refractivity contribution in [2.24, 2.45) is 0 Å². The van der Waals surface area contributed by atoms with E-state index in [9.17, 15) is 0 Å². The van der Waals surface area contributed by atoms with E-state index >= 15 is 0 Å². The highest BCUT2D eigenvalue weighted by atomic mass is 16.5. The maximum Gasteiger partial charge on any atom is 0.252 e. The maximum absolute atomic E-state index is 6.76. The lowest BCUT2D eigenvalue weighted by Crippen LogP contribution is -2.58. The van der Waals surface area contributed by atoms with Gasteiger partial charge in [0.25, 0.3) is 13.4 Å². The van der Waals surface area contributed by atoms with Crippen LogP contribution < -0.4 is 51.7 Å². The number of ether oxygens (including phenoxy) is 4. The molecule has 270 valence electrons. The highest BCUT2D eigenvalue weighted by Gasteiger charge is 2.45. The van der Waals surface area contributed by atoms with Crippen LogP contribution in [0.15, 0.2) is 97.1 Å². The van der Waals surface area contributed by atoms with Crippen molar-refractivity contribution in [1.29, 1.82) is 0 Å². The molecule has 0 fully saturated rings. The van der Waals surface area contributed by atoms with Crippen molar-refractivity contribution in [3.8, 4) is 56.8 Å². The van der Waals surface area contributed by atoms with Gasteiger partial charge in [0.2, 0.25) is 0 Å². The van der Waals surface area contributed by atoms with Gasteiger partial charge in [-0.2, -0.15) is 0 Å². The first kappa shape index (κ1) is 32.4. The summed E-state index contributed by atoms with van der Waals surface area (Å²) in [5.41, 5.74) is 14.8. The van der Waals surface area contributed by atoms with Crippen LogP contribution in [-0.4, -0.2) is 27.6 Å². The van der Waals surface area contributed by atoms with E-state index in [1.807, 2.05) is 0 Å². The van der Waals surface area contributed by atoms with Crippen LogP contribution in [0.2, 0.25) is 0 Å². The maximum atomic E-state index is 6.76. The number of benzene rings is 8. The number of rotatable bonds is 2. The van der Waals surface area contributed by atoms with Gasteiger partial charge in [0.05, 0.1) is 14.2 Å². The van der Waals surface area contributed by atoms with Crippen LogP contribution in [0.1, 0.15) is 52.7 Å². The Morgan fingerprint density at radius 3 is 1.23 bits per heavy atom. The van der Waals surface area contributed by atoms with Gasteiger partial charge in [-0.1, -0.05) is 101 Å². The molecule has 4 heterocycles. The minimum absolute atomic E-state index is 0.00485. The molecule has 0 unspecified atom stereocenters.